The molecule has 1 amide bonds. The Balaban J connectivity index is 1.59. The zero-order chi connectivity index (χ0) is 20.2. The van der Waals surface area contributed by atoms with Crippen molar-refractivity contribution in [1.82, 2.24) is 14.9 Å². The summed E-state index contributed by atoms with van der Waals surface area (Å²) in [6.07, 6.45) is 2.68. The van der Waals surface area contributed by atoms with Crippen molar-refractivity contribution in [2.24, 2.45) is 0 Å². The number of methoxy groups -OCH3 is 1. The molecule has 2 heterocycles. The van der Waals surface area contributed by atoms with Crippen LogP contribution in [0.2, 0.25) is 5.02 Å². The second-order valence-corrected chi connectivity index (χ2v) is 8.00. The number of aromatic nitrogens is 2. The molecular weight excluding hydrogens is 392 g/mol. The first-order valence-electron chi connectivity index (χ1n) is 10.2. The SMILES string of the molecule is COCCN(CCC(=O)N1CCOCC1)c1nc(C2CC2)nc2cc(Cl)ccc12. The van der Waals surface area contributed by atoms with Crippen LogP contribution in [0.1, 0.15) is 31.0 Å². The van der Waals surface area contributed by atoms with Crippen molar-refractivity contribution in [1.29, 1.82) is 0 Å². The van der Waals surface area contributed by atoms with Gasteiger partial charge in [0.2, 0.25) is 5.91 Å². The number of hydrogen-bond donors (Lipinski definition) is 0. The van der Waals surface area contributed by atoms with E-state index in [4.69, 9.17) is 31.0 Å². The van der Waals surface area contributed by atoms with Crippen LogP contribution >= 0.6 is 11.6 Å². The van der Waals surface area contributed by atoms with Gasteiger partial charge in [0.1, 0.15) is 11.6 Å². The fraction of sp³-hybridized carbons (Fsp3) is 0.571. The van der Waals surface area contributed by atoms with Gasteiger partial charge in [-0.25, -0.2) is 9.97 Å². The maximum absolute atomic E-state index is 12.7. The fourth-order valence-corrected chi connectivity index (χ4v) is 3.76. The Morgan fingerprint density at radius 3 is 2.79 bits per heavy atom. The molecule has 156 valence electrons. The Kier molecular flexibility index (Phi) is 6.47. The molecule has 0 unspecified atom stereocenters. The number of halogens is 1. The van der Waals surface area contributed by atoms with Crippen molar-refractivity contribution < 1.29 is 14.3 Å². The van der Waals surface area contributed by atoms with Crippen molar-refractivity contribution >= 4 is 34.2 Å². The molecule has 2 aliphatic rings. The van der Waals surface area contributed by atoms with Gasteiger partial charge < -0.3 is 19.3 Å². The molecule has 0 spiro atoms. The Morgan fingerprint density at radius 1 is 1.28 bits per heavy atom. The van der Waals surface area contributed by atoms with Gasteiger partial charge in [0.25, 0.3) is 0 Å². The number of anilines is 1. The lowest BCUT2D eigenvalue weighted by Crippen LogP contribution is -2.42. The topological polar surface area (TPSA) is 67.8 Å². The molecule has 0 N–H and O–H groups in total. The number of hydrogen-bond acceptors (Lipinski definition) is 6. The van der Waals surface area contributed by atoms with Crippen LogP contribution in [-0.2, 0) is 14.3 Å². The summed E-state index contributed by atoms with van der Waals surface area (Å²) in [6.45, 7) is 4.35. The van der Waals surface area contributed by atoms with E-state index in [0.29, 0.717) is 63.4 Å². The Labute approximate surface area is 175 Å². The minimum absolute atomic E-state index is 0.152. The summed E-state index contributed by atoms with van der Waals surface area (Å²) in [7, 11) is 1.69. The van der Waals surface area contributed by atoms with E-state index in [1.807, 2.05) is 23.1 Å². The molecule has 0 radical (unpaired) electrons. The van der Waals surface area contributed by atoms with Crippen LogP contribution in [0.25, 0.3) is 10.9 Å². The molecule has 8 heteroatoms. The van der Waals surface area contributed by atoms with Crippen molar-refractivity contribution in [3.63, 3.8) is 0 Å². The zero-order valence-electron chi connectivity index (χ0n) is 16.8. The highest BCUT2D eigenvalue weighted by atomic mass is 35.5. The second-order valence-electron chi connectivity index (χ2n) is 7.56. The monoisotopic (exact) mass is 418 g/mol. The molecule has 1 saturated heterocycles. The number of benzene rings is 1. The van der Waals surface area contributed by atoms with Crippen molar-refractivity contribution in [3.8, 4) is 0 Å². The van der Waals surface area contributed by atoms with Gasteiger partial charge in [-0.15, -0.1) is 0 Å². The third kappa shape index (κ3) is 4.97. The maximum Gasteiger partial charge on any atom is 0.224 e. The fourth-order valence-electron chi connectivity index (χ4n) is 3.60. The summed E-state index contributed by atoms with van der Waals surface area (Å²) in [5.41, 5.74) is 0.853. The molecule has 1 aromatic heterocycles. The van der Waals surface area contributed by atoms with Gasteiger partial charge in [-0.2, -0.15) is 0 Å². The van der Waals surface area contributed by atoms with Crippen LogP contribution in [-0.4, -0.2) is 73.9 Å². The number of carbonyl (C=O) groups excluding carboxylic acids is 1. The molecule has 29 heavy (non-hydrogen) atoms. The number of amides is 1. The summed E-state index contributed by atoms with van der Waals surface area (Å²) in [5.74, 6) is 2.31. The summed E-state index contributed by atoms with van der Waals surface area (Å²) >= 11 is 6.22. The zero-order valence-corrected chi connectivity index (χ0v) is 17.5. The molecule has 1 aromatic carbocycles. The lowest BCUT2D eigenvalue weighted by molar-refractivity contribution is -0.135. The van der Waals surface area contributed by atoms with Crippen LogP contribution in [0, 0.1) is 0 Å². The van der Waals surface area contributed by atoms with Gasteiger partial charge in [0.05, 0.1) is 25.3 Å². The van der Waals surface area contributed by atoms with Crippen LogP contribution in [0.15, 0.2) is 18.2 Å². The summed E-state index contributed by atoms with van der Waals surface area (Å²) < 4.78 is 10.7. The van der Waals surface area contributed by atoms with Crippen LogP contribution in [0.4, 0.5) is 5.82 Å². The quantitative estimate of drug-likeness (QED) is 0.656. The predicted molar refractivity (Wildman–Crippen MR) is 113 cm³/mol. The number of ether oxygens (including phenoxy) is 2. The van der Waals surface area contributed by atoms with Gasteiger partial charge in [-0.1, -0.05) is 11.6 Å². The predicted octanol–water partition coefficient (Wildman–Crippen LogP) is 2.86. The van der Waals surface area contributed by atoms with E-state index in [1.165, 1.54) is 0 Å². The summed E-state index contributed by atoms with van der Waals surface area (Å²) in [6, 6.07) is 5.72. The molecule has 1 aliphatic carbocycles. The van der Waals surface area contributed by atoms with E-state index in [9.17, 15) is 4.79 Å². The van der Waals surface area contributed by atoms with E-state index in [-0.39, 0.29) is 5.91 Å². The highest BCUT2D eigenvalue weighted by Crippen LogP contribution is 2.40. The van der Waals surface area contributed by atoms with Crippen molar-refractivity contribution in [3.05, 3.63) is 29.0 Å². The molecule has 1 aliphatic heterocycles. The molecule has 2 fully saturated rings. The van der Waals surface area contributed by atoms with E-state index < -0.39 is 0 Å². The summed E-state index contributed by atoms with van der Waals surface area (Å²) in [4.78, 5) is 26.3. The highest BCUT2D eigenvalue weighted by Gasteiger charge is 2.28. The van der Waals surface area contributed by atoms with Gasteiger partial charge in [0.15, 0.2) is 0 Å². The van der Waals surface area contributed by atoms with Gasteiger partial charge in [-0.3, -0.25) is 4.79 Å². The molecule has 7 nitrogen and oxygen atoms in total. The minimum atomic E-state index is 0.152. The molecular formula is C21H27ClN4O3. The summed E-state index contributed by atoms with van der Waals surface area (Å²) in [5, 5.41) is 1.61. The number of nitrogens with zero attached hydrogens (tertiary/aromatic N) is 4. The van der Waals surface area contributed by atoms with E-state index in [2.05, 4.69) is 4.90 Å². The standard InChI is InChI=1S/C21H27ClN4O3/c1-28-11-8-26(7-6-19(27)25-9-12-29-13-10-25)21-17-5-4-16(22)14-18(17)23-20(24-21)15-2-3-15/h4-5,14-15H,2-3,6-13H2,1H3. The van der Waals surface area contributed by atoms with Crippen LogP contribution in [0.5, 0.6) is 0 Å². The number of morpholine rings is 1. The average molecular weight is 419 g/mol. The lowest BCUT2D eigenvalue weighted by atomic mass is 10.2. The molecule has 0 bridgehead atoms. The molecule has 4 rings (SSSR count). The van der Waals surface area contributed by atoms with E-state index in [0.717, 1.165) is 35.4 Å². The van der Waals surface area contributed by atoms with Gasteiger partial charge in [-0.05, 0) is 31.0 Å². The smallest absolute Gasteiger partial charge is 0.224 e. The normalized spacial score (nSPS) is 17.0. The molecule has 2 aromatic rings. The van der Waals surface area contributed by atoms with E-state index in [1.54, 1.807) is 7.11 Å². The maximum atomic E-state index is 12.7. The lowest BCUT2D eigenvalue weighted by Gasteiger charge is -2.29. The van der Waals surface area contributed by atoms with E-state index >= 15 is 0 Å². The molecule has 0 atom stereocenters. The average Bonchev–Trinajstić information content (AvgIpc) is 3.59. The molecule has 1 saturated carbocycles. The number of fused-ring (bicyclic) bond motifs is 1. The number of rotatable bonds is 8. The third-order valence-electron chi connectivity index (χ3n) is 5.42. The first-order chi connectivity index (χ1) is 14.2. The second kappa shape index (κ2) is 9.24. The van der Waals surface area contributed by atoms with Crippen LogP contribution in [0.3, 0.4) is 0 Å². The number of carbonyl (C=O) groups is 1. The van der Waals surface area contributed by atoms with Crippen molar-refractivity contribution in [2.75, 3.05) is 58.0 Å². The van der Waals surface area contributed by atoms with Crippen LogP contribution < -0.4 is 4.90 Å². The minimum Gasteiger partial charge on any atom is -0.383 e. The van der Waals surface area contributed by atoms with Gasteiger partial charge in [0, 0.05) is 56.0 Å². The highest BCUT2D eigenvalue weighted by molar-refractivity contribution is 6.31. The van der Waals surface area contributed by atoms with Crippen molar-refractivity contribution in [2.45, 2.75) is 25.2 Å². The third-order valence-corrected chi connectivity index (χ3v) is 5.66. The first kappa shape index (κ1) is 20.3. The first-order valence-corrected chi connectivity index (χ1v) is 10.6. The Bertz CT molecular complexity index is 868. The Morgan fingerprint density at radius 2 is 2.07 bits per heavy atom. The largest absolute Gasteiger partial charge is 0.383 e. The Hall–Kier alpha value is -1.96. The van der Waals surface area contributed by atoms with Gasteiger partial charge >= 0.3 is 0 Å².